The average molecular weight is 265 g/mol. The predicted molar refractivity (Wildman–Crippen MR) is 84.1 cm³/mol. The Morgan fingerprint density at radius 3 is 1.95 bits per heavy atom. The van der Waals surface area contributed by atoms with Crippen molar-refractivity contribution in [2.24, 2.45) is 23.5 Å². The number of hydrogen-bond acceptors (Lipinski definition) is 1. The van der Waals surface area contributed by atoms with Crippen LogP contribution >= 0.6 is 0 Å². The summed E-state index contributed by atoms with van der Waals surface area (Å²) in [6.45, 7) is 2.29. The van der Waals surface area contributed by atoms with Crippen LogP contribution in [0.1, 0.15) is 90.4 Å². The molecule has 2 aliphatic carbocycles. The van der Waals surface area contributed by atoms with Gasteiger partial charge < -0.3 is 5.73 Å². The summed E-state index contributed by atoms with van der Waals surface area (Å²) in [4.78, 5) is 0. The Balaban J connectivity index is 1.43. The number of rotatable bonds is 10. The lowest BCUT2D eigenvalue weighted by molar-refractivity contribution is 0.467. The quantitative estimate of drug-likeness (QED) is 0.534. The summed E-state index contributed by atoms with van der Waals surface area (Å²) in [5, 5.41) is 0. The zero-order chi connectivity index (χ0) is 13.5. The summed E-state index contributed by atoms with van der Waals surface area (Å²) in [7, 11) is 0. The van der Waals surface area contributed by atoms with Crippen molar-refractivity contribution in [3.63, 3.8) is 0 Å². The molecule has 0 radical (unpaired) electrons. The van der Waals surface area contributed by atoms with Crippen LogP contribution in [0.2, 0.25) is 0 Å². The van der Waals surface area contributed by atoms with E-state index in [-0.39, 0.29) is 0 Å². The molecule has 0 amide bonds. The molecule has 2 fully saturated rings. The highest BCUT2D eigenvalue weighted by Gasteiger charge is 2.52. The molecule has 3 unspecified atom stereocenters. The minimum Gasteiger partial charge on any atom is -0.327 e. The first kappa shape index (κ1) is 15.4. The molecule has 3 atom stereocenters. The van der Waals surface area contributed by atoms with Crippen LogP contribution in [0, 0.1) is 17.8 Å². The Kier molecular flexibility index (Phi) is 6.70. The van der Waals surface area contributed by atoms with Crippen LogP contribution in [0.25, 0.3) is 0 Å². The van der Waals surface area contributed by atoms with Gasteiger partial charge in [0.15, 0.2) is 0 Å². The van der Waals surface area contributed by atoms with Crippen molar-refractivity contribution in [2.75, 3.05) is 0 Å². The number of hydrogen-bond donors (Lipinski definition) is 1. The molecule has 0 saturated heterocycles. The zero-order valence-electron chi connectivity index (χ0n) is 13.1. The Morgan fingerprint density at radius 1 is 0.842 bits per heavy atom. The van der Waals surface area contributed by atoms with Gasteiger partial charge in [-0.15, -0.1) is 0 Å². The monoisotopic (exact) mass is 265 g/mol. The first-order valence-electron chi connectivity index (χ1n) is 9.10. The van der Waals surface area contributed by atoms with Crippen LogP contribution in [-0.4, -0.2) is 6.04 Å². The molecule has 0 aromatic heterocycles. The van der Waals surface area contributed by atoms with Crippen molar-refractivity contribution in [3.05, 3.63) is 0 Å². The van der Waals surface area contributed by atoms with Gasteiger partial charge in [0.05, 0.1) is 0 Å². The zero-order valence-corrected chi connectivity index (χ0v) is 13.1. The molecule has 0 aliphatic heterocycles. The Hall–Kier alpha value is -0.0400. The molecule has 1 heteroatoms. The third kappa shape index (κ3) is 4.77. The highest BCUT2D eigenvalue weighted by molar-refractivity contribution is 5.03. The molecule has 112 valence electrons. The molecule has 0 aromatic rings. The summed E-state index contributed by atoms with van der Waals surface area (Å²) in [6.07, 6.45) is 18.6. The van der Waals surface area contributed by atoms with Crippen LogP contribution in [0.3, 0.4) is 0 Å². The van der Waals surface area contributed by atoms with Gasteiger partial charge in [0.25, 0.3) is 0 Å². The second-order valence-corrected chi connectivity index (χ2v) is 7.12. The van der Waals surface area contributed by atoms with E-state index < -0.39 is 0 Å². The Bertz CT molecular complexity index is 226. The van der Waals surface area contributed by atoms with Crippen molar-refractivity contribution in [2.45, 2.75) is 96.4 Å². The van der Waals surface area contributed by atoms with Crippen LogP contribution in [0.4, 0.5) is 0 Å². The first-order valence-corrected chi connectivity index (χ1v) is 9.10. The van der Waals surface area contributed by atoms with Gasteiger partial charge in [0, 0.05) is 6.04 Å². The molecule has 19 heavy (non-hydrogen) atoms. The second-order valence-electron chi connectivity index (χ2n) is 7.12. The maximum atomic E-state index is 6.42. The van der Waals surface area contributed by atoms with Gasteiger partial charge in [0.1, 0.15) is 0 Å². The van der Waals surface area contributed by atoms with Gasteiger partial charge in [-0.2, -0.15) is 0 Å². The van der Waals surface area contributed by atoms with Crippen molar-refractivity contribution >= 4 is 0 Å². The van der Waals surface area contributed by atoms with Gasteiger partial charge >= 0.3 is 0 Å². The number of fused-ring (bicyclic) bond motifs is 1. The van der Waals surface area contributed by atoms with E-state index in [9.17, 15) is 0 Å². The smallest absolute Gasteiger partial charge is 0.00726 e. The highest BCUT2D eigenvalue weighted by atomic mass is 14.7. The van der Waals surface area contributed by atoms with Crippen LogP contribution < -0.4 is 5.73 Å². The predicted octanol–water partition coefficient (Wildman–Crippen LogP) is 5.28. The maximum absolute atomic E-state index is 6.42. The van der Waals surface area contributed by atoms with Gasteiger partial charge in [-0.3, -0.25) is 0 Å². The lowest BCUT2D eigenvalue weighted by Gasteiger charge is -2.11. The Morgan fingerprint density at radius 2 is 1.37 bits per heavy atom. The van der Waals surface area contributed by atoms with Gasteiger partial charge in [-0.1, -0.05) is 71.1 Å². The summed E-state index contributed by atoms with van der Waals surface area (Å²) >= 11 is 0. The molecule has 2 rings (SSSR count). The molecule has 0 spiro atoms. The highest BCUT2D eigenvalue weighted by Crippen LogP contribution is 2.57. The van der Waals surface area contributed by atoms with Crippen molar-refractivity contribution in [1.29, 1.82) is 0 Å². The second kappa shape index (κ2) is 8.29. The SMILES string of the molecule is CCCCCCCCCCC(N)C1C2CCCCC21. The fraction of sp³-hybridized carbons (Fsp3) is 1.00. The molecule has 0 bridgehead atoms. The standard InChI is InChI=1S/C18H35N/c1-2-3-4-5-6-7-8-9-14-17(19)18-15-12-10-11-13-16(15)18/h15-18H,2-14,19H2,1H3. The minimum atomic E-state index is 0.535. The van der Waals surface area contributed by atoms with E-state index in [4.69, 9.17) is 5.73 Å². The van der Waals surface area contributed by atoms with Crippen LogP contribution in [0.15, 0.2) is 0 Å². The topological polar surface area (TPSA) is 26.0 Å². The fourth-order valence-corrected chi connectivity index (χ4v) is 4.39. The van der Waals surface area contributed by atoms with E-state index >= 15 is 0 Å². The molecule has 2 aliphatic rings. The van der Waals surface area contributed by atoms with Crippen LogP contribution in [0.5, 0.6) is 0 Å². The van der Waals surface area contributed by atoms with Crippen molar-refractivity contribution < 1.29 is 0 Å². The maximum Gasteiger partial charge on any atom is 0.00726 e. The van der Waals surface area contributed by atoms with Gasteiger partial charge in [0.2, 0.25) is 0 Å². The lowest BCUT2D eigenvalue weighted by Crippen LogP contribution is -2.23. The molecular weight excluding hydrogens is 230 g/mol. The summed E-state index contributed by atoms with van der Waals surface area (Å²) in [5.74, 6) is 3.00. The van der Waals surface area contributed by atoms with Crippen molar-refractivity contribution in [1.82, 2.24) is 0 Å². The third-order valence-corrected chi connectivity index (χ3v) is 5.61. The van der Waals surface area contributed by atoms with E-state index in [2.05, 4.69) is 6.92 Å². The van der Waals surface area contributed by atoms with Crippen molar-refractivity contribution in [3.8, 4) is 0 Å². The summed E-state index contributed by atoms with van der Waals surface area (Å²) < 4.78 is 0. The Labute approximate surface area is 120 Å². The van der Waals surface area contributed by atoms with Gasteiger partial charge in [-0.25, -0.2) is 0 Å². The van der Waals surface area contributed by atoms with E-state index in [0.717, 1.165) is 17.8 Å². The van der Waals surface area contributed by atoms with E-state index in [1.165, 1.54) is 83.5 Å². The molecule has 0 heterocycles. The minimum absolute atomic E-state index is 0.535. The number of unbranched alkanes of at least 4 members (excludes halogenated alkanes) is 7. The fourth-order valence-electron chi connectivity index (χ4n) is 4.39. The van der Waals surface area contributed by atoms with E-state index in [1.54, 1.807) is 0 Å². The summed E-state index contributed by atoms with van der Waals surface area (Å²) in [6, 6.07) is 0.535. The third-order valence-electron chi connectivity index (χ3n) is 5.61. The molecular formula is C18H35N. The lowest BCUT2D eigenvalue weighted by atomic mass is 10.0. The van der Waals surface area contributed by atoms with E-state index in [0.29, 0.717) is 6.04 Å². The number of nitrogens with two attached hydrogens (primary N) is 1. The molecule has 1 nitrogen and oxygen atoms in total. The van der Waals surface area contributed by atoms with Gasteiger partial charge in [-0.05, 0) is 37.0 Å². The first-order chi connectivity index (χ1) is 9.34. The molecule has 0 aromatic carbocycles. The summed E-state index contributed by atoms with van der Waals surface area (Å²) in [5.41, 5.74) is 6.42. The van der Waals surface area contributed by atoms with E-state index in [1.807, 2.05) is 0 Å². The molecule has 2 N–H and O–H groups in total. The largest absolute Gasteiger partial charge is 0.327 e. The molecule has 2 saturated carbocycles. The normalized spacial score (nSPS) is 30.9. The van der Waals surface area contributed by atoms with Crippen LogP contribution in [-0.2, 0) is 0 Å². The average Bonchev–Trinajstić information content (AvgIpc) is 3.16.